The number of anilines is 1. The fourth-order valence-electron chi connectivity index (χ4n) is 2.21. The third-order valence-electron chi connectivity index (χ3n) is 3.12. The lowest BCUT2D eigenvalue weighted by molar-refractivity contribution is 0.170. The van der Waals surface area contributed by atoms with Crippen LogP contribution in [0.1, 0.15) is 6.92 Å². The van der Waals surface area contributed by atoms with Crippen LogP contribution in [-0.4, -0.2) is 55.3 Å². The molecule has 2 heterocycles. The minimum Gasteiger partial charge on any atom is -0.396 e. The van der Waals surface area contributed by atoms with Crippen molar-refractivity contribution in [3.05, 3.63) is 18.3 Å². The maximum absolute atomic E-state index is 12.5. The minimum absolute atomic E-state index is 0.0404. The Morgan fingerprint density at radius 2 is 2.17 bits per heavy atom. The van der Waals surface area contributed by atoms with Crippen LogP contribution in [0.4, 0.5) is 5.69 Å². The summed E-state index contributed by atoms with van der Waals surface area (Å²) in [6, 6.07) is 3.11. The molecule has 2 rings (SSSR count). The molecule has 1 aliphatic heterocycles. The second kappa shape index (κ2) is 4.83. The van der Waals surface area contributed by atoms with E-state index in [4.69, 9.17) is 5.73 Å². The summed E-state index contributed by atoms with van der Waals surface area (Å²) in [5.41, 5.74) is 5.91. The average molecular weight is 270 g/mol. The Bertz CT molecular complexity index is 532. The van der Waals surface area contributed by atoms with Crippen LogP contribution in [0.2, 0.25) is 0 Å². The highest BCUT2D eigenvalue weighted by molar-refractivity contribution is 7.89. The van der Waals surface area contributed by atoms with Crippen LogP contribution < -0.4 is 5.73 Å². The Morgan fingerprint density at radius 1 is 1.44 bits per heavy atom. The lowest BCUT2D eigenvalue weighted by Crippen LogP contribution is -2.52. The first-order valence-corrected chi connectivity index (χ1v) is 7.28. The number of pyridine rings is 1. The van der Waals surface area contributed by atoms with E-state index < -0.39 is 10.0 Å². The van der Waals surface area contributed by atoms with Crippen LogP contribution in [0.15, 0.2) is 23.4 Å². The van der Waals surface area contributed by atoms with Gasteiger partial charge in [-0.1, -0.05) is 0 Å². The molecular formula is C11H18N4O2S. The predicted octanol–water partition coefficient (Wildman–Crippen LogP) is -0.0116. The van der Waals surface area contributed by atoms with Crippen LogP contribution in [-0.2, 0) is 10.0 Å². The van der Waals surface area contributed by atoms with Crippen LogP contribution in [0.25, 0.3) is 0 Å². The summed E-state index contributed by atoms with van der Waals surface area (Å²) in [5.74, 6) is 0. The Morgan fingerprint density at radius 3 is 2.78 bits per heavy atom. The molecule has 1 aliphatic rings. The molecule has 0 aromatic carbocycles. The maximum atomic E-state index is 12.5. The average Bonchev–Trinajstić information content (AvgIpc) is 2.28. The third-order valence-corrected chi connectivity index (χ3v) is 5.11. The summed E-state index contributed by atoms with van der Waals surface area (Å²) in [6.45, 7) is 3.80. The van der Waals surface area contributed by atoms with Gasteiger partial charge in [0, 0.05) is 31.9 Å². The van der Waals surface area contributed by atoms with Gasteiger partial charge in [0.1, 0.15) is 0 Å². The number of hydrogen-bond donors (Lipinski definition) is 1. The molecule has 0 aliphatic carbocycles. The monoisotopic (exact) mass is 270 g/mol. The van der Waals surface area contributed by atoms with Crippen LogP contribution in [0.3, 0.4) is 0 Å². The first-order valence-electron chi connectivity index (χ1n) is 5.84. The number of nitrogen functional groups attached to an aromatic ring is 1. The normalized spacial score (nSPS) is 23.1. The number of piperazine rings is 1. The summed E-state index contributed by atoms with van der Waals surface area (Å²) in [5, 5.41) is -0.0404. The van der Waals surface area contributed by atoms with Gasteiger partial charge in [0.25, 0.3) is 10.0 Å². The Balaban J connectivity index is 2.35. The molecule has 1 saturated heterocycles. The SMILES string of the molecule is CC1CN(C)CCN1S(=O)(=O)c1ncccc1N. The largest absolute Gasteiger partial charge is 0.396 e. The molecule has 0 radical (unpaired) electrons. The molecule has 18 heavy (non-hydrogen) atoms. The van der Waals surface area contributed by atoms with E-state index in [2.05, 4.69) is 9.88 Å². The van der Waals surface area contributed by atoms with Gasteiger partial charge in [0.15, 0.2) is 5.03 Å². The van der Waals surface area contributed by atoms with Crippen molar-refractivity contribution in [1.82, 2.24) is 14.2 Å². The van der Waals surface area contributed by atoms with Crippen molar-refractivity contribution in [3.8, 4) is 0 Å². The summed E-state index contributed by atoms with van der Waals surface area (Å²) >= 11 is 0. The number of sulfonamides is 1. The first kappa shape index (κ1) is 13.3. The van der Waals surface area contributed by atoms with Crippen molar-refractivity contribution in [2.24, 2.45) is 0 Å². The van der Waals surface area contributed by atoms with Crippen molar-refractivity contribution in [1.29, 1.82) is 0 Å². The first-order chi connectivity index (χ1) is 8.43. The van der Waals surface area contributed by atoms with E-state index in [1.165, 1.54) is 10.5 Å². The number of nitrogens with zero attached hydrogens (tertiary/aromatic N) is 3. The number of likely N-dealkylation sites (N-methyl/N-ethyl adjacent to an activating group) is 1. The second-order valence-corrected chi connectivity index (χ2v) is 6.43. The van der Waals surface area contributed by atoms with Crippen molar-refractivity contribution < 1.29 is 8.42 Å². The van der Waals surface area contributed by atoms with Gasteiger partial charge in [-0.25, -0.2) is 13.4 Å². The summed E-state index contributed by atoms with van der Waals surface area (Å²) in [6.07, 6.45) is 1.45. The molecule has 7 heteroatoms. The number of hydrogen-bond acceptors (Lipinski definition) is 5. The molecule has 0 spiro atoms. The highest BCUT2D eigenvalue weighted by atomic mass is 32.2. The van der Waals surface area contributed by atoms with Crippen LogP contribution in [0.5, 0.6) is 0 Å². The fourth-order valence-corrected chi connectivity index (χ4v) is 3.85. The molecule has 0 bridgehead atoms. The molecule has 1 aromatic rings. The lowest BCUT2D eigenvalue weighted by atomic mass is 10.2. The molecule has 1 atom stereocenters. The van der Waals surface area contributed by atoms with Gasteiger partial charge in [-0.3, -0.25) is 0 Å². The zero-order chi connectivity index (χ0) is 13.3. The van der Waals surface area contributed by atoms with E-state index in [1.54, 1.807) is 12.1 Å². The molecule has 1 aromatic heterocycles. The van der Waals surface area contributed by atoms with Crippen molar-refractivity contribution in [3.63, 3.8) is 0 Å². The molecule has 0 saturated carbocycles. The maximum Gasteiger partial charge on any atom is 0.262 e. The van der Waals surface area contributed by atoms with E-state index in [-0.39, 0.29) is 16.8 Å². The lowest BCUT2D eigenvalue weighted by Gasteiger charge is -2.36. The van der Waals surface area contributed by atoms with Gasteiger partial charge >= 0.3 is 0 Å². The van der Waals surface area contributed by atoms with Crippen molar-refractivity contribution >= 4 is 15.7 Å². The topological polar surface area (TPSA) is 79.5 Å². The summed E-state index contributed by atoms with van der Waals surface area (Å²) < 4.78 is 26.5. The van der Waals surface area contributed by atoms with Gasteiger partial charge < -0.3 is 10.6 Å². The van der Waals surface area contributed by atoms with Crippen LogP contribution >= 0.6 is 0 Å². The third kappa shape index (κ3) is 2.33. The summed E-state index contributed by atoms with van der Waals surface area (Å²) in [7, 11) is -1.61. The smallest absolute Gasteiger partial charge is 0.262 e. The molecule has 0 amide bonds. The van der Waals surface area contributed by atoms with Crippen molar-refractivity contribution in [2.45, 2.75) is 18.0 Å². The Kier molecular flexibility index (Phi) is 3.56. The van der Waals surface area contributed by atoms with Crippen LogP contribution in [0, 0.1) is 0 Å². The van der Waals surface area contributed by atoms with Gasteiger partial charge in [-0.15, -0.1) is 0 Å². The molecular weight excluding hydrogens is 252 g/mol. The zero-order valence-electron chi connectivity index (χ0n) is 10.6. The fraction of sp³-hybridized carbons (Fsp3) is 0.545. The second-order valence-electron chi connectivity index (χ2n) is 4.62. The molecule has 1 fully saturated rings. The van der Waals surface area contributed by atoms with E-state index in [0.717, 1.165) is 6.54 Å². The van der Waals surface area contributed by atoms with Crippen molar-refractivity contribution in [2.75, 3.05) is 32.4 Å². The van der Waals surface area contributed by atoms with Gasteiger partial charge in [0.2, 0.25) is 0 Å². The highest BCUT2D eigenvalue weighted by Gasteiger charge is 2.34. The quantitative estimate of drug-likeness (QED) is 0.817. The van der Waals surface area contributed by atoms with E-state index >= 15 is 0 Å². The number of rotatable bonds is 2. The zero-order valence-corrected chi connectivity index (χ0v) is 11.4. The molecule has 1 unspecified atom stereocenters. The Labute approximate surface area is 107 Å². The minimum atomic E-state index is -3.59. The van der Waals surface area contributed by atoms with Gasteiger partial charge in [-0.05, 0) is 26.1 Å². The molecule has 2 N–H and O–H groups in total. The van der Waals surface area contributed by atoms with E-state index in [9.17, 15) is 8.42 Å². The van der Waals surface area contributed by atoms with Gasteiger partial charge in [-0.2, -0.15) is 4.31 Å². The van der Waals surface area contributed by atoms with E-state index in [0.29, 0.717) is 13.1 Å². The molecule has 6 nitrogen and oxygen atoms in total. The number of aromatic nitrogens is 1. The number of nitrogens with two attached hydrogens (primary N) is 1. The van der Waals surface area contributed by atoms with Gasteiger partial charge in [0.05, 0.1) is 5.69 Å². The Hall–Kier alpha value is -1.18. The highest BCUT2D eigenvalue weighted by Crippen LogP contribution is 2.23. The standard InChI is InChI=1S/C11H18N4O2S/c1-9-8-14(2)6-7-15(9)18(16,17)11-10(12)4-3-5-13-11/h3-5,9H,6-8,12H2,1-2H3. The van der Waals surface area contributed by atoms with E-state index in [1.807, 2.05) is 14.0 Å². The summed E-state index contributed by atoms with van der Waals surface area (Å²) in [4.78, 5) is 6.02. The predicted molar refractivity (Wildman–Crippen MR) is 69.5 cm³/mol. The molecule has 100 valence electrons.